The highest BCUT2D eigenvalue weighted by molar-refractivity contribution is 7.92. The average Bonchev–Trinajstić information content (AvgIpc) is 3.27. The van der Waals surface area contributed by atoms with Crippen LogP contribution in [0.15, 0.2) is 59.8 Å². The molecule has 0 bridgehead atoms. The summed E-state index contributed by atoms with van der Waals surface area (Å²) in [7, 11) is -2.38. The normalized spacial score (nSPS) is 11.3. The third kappa shape index (κ3) is 5.78. The van der Waals surface area contributed by atoms with E-state index in [1.165, 1.54) is 17.1 Å². The van der Waals surface area contributed by atoms with Crippen LogP contribution in [0, 0.1) is 20.8 Å². The second-order valence-electron chi connectivity index (χ2n) is 8.58. The largest absolute Gasteiger partial charge is 0.439 e. The summed E-state index contributed by atoms with van der Waals surface area (Å²) in [6, 6.07) is 12.6. The molecule has 0 saturated carbocycles. The van der Waals surface area contributed by atoms with Crippen molar-refractivity contribution in [1.29, 1.82) is 0 Å². The molecular formula is C26H28N6O4S. The SMILES string of the molecule is CCNC(=O)c1ccc(C)c(Oc2cc(-c3c(C)cccc3C)nc(NS(=O)(=O)c3cnn(C)c3)n2)c1. The van der Waals surface area contributed by atoms with E-state index >= 15 is 0 Å². The minimum atomic E-state index is -4.00. The predicted molar refractivity (Wildman–Crippen MR) is 140 cm³/mol. The first-order valence-corrected chi connectivity index (χ1v) is 13.1. The number of nitrogens with one attached hydrogen (secondary N) is 2. The molecule has 0 spiro atoms. The highest BCUT2D eigenvalue weighted by Crippen LogP contribution is 2.32. The molecule has 10 nitrogen and oxygen atoms in total. The van der Waals surface area contributed by atoms with Crippen molar-refractivity contribution in [3.8, 4) is 22.9 Å². The van der Waals surface area contributed by atoms with Gasteiger partial charge in [-0.3, -0.25) is 9.48 Å². The van der Waals surface area contributed by atoms with Crippen LogP contribution in [0.1, 0.15) is 34.0 Å². The van der Waals surface area contributed by atoms with Gasteiger partial charge in [0.2, 0.25) is 11.8 Å². The average molecular weight is 521 g/mol. The van der Waals surface area contributed by atoms with E-state index in [0.29, 0.717) is 23.6 Å². The molecule has 0 aliphatic heterocycles. The molecule has 4 aromatic rings. The number of benzene rings is 2. The van der Waals surface area contributed by atoms with Crippen LogP contribution in [0.5, 0.6) is 11.6 Å². The van der Waals surface area contributed by atoms with Crippen LogP contribution in [0.3, 0.4) is 0 Å². The zero-order valence-electron chi connectivity index (χ0n) is 21.2. The van der Waals surface area contributed by atoms with Gasteiger partial charge in [0.25, 0.3) is 15.9 Å². The summed E-state index contributed by atoms with van der Waals surface area (Å²) in [6.45, 7) is 8.08. The van der Waals surface area contributed by atoms with Gasteiger partial charge in [-0.2, -0.15) is 10.1 Å². The Hall–Kier alpha value is -4.25. The highest BCUT2D eigenvalue weighted by Gasteiger charge is 2.20. The number of aryl methyl sites for hydroxylation is 4. The zero-order chi connectivity index (χ0) is 26.7. The quantitative estimate of drug-likeness (QED) is 0.357. The lowest BCUT2D eigenvalue weighted by Gasteiger charge is -2.15. The van der Waals surface area contributed by atoms with Crippen molar-refractivity contribution in [2.24, 2.45) is 7.05 Å². The van der Waals surface area contributed by atoms with Gasteiger partial charge in [-0.1, -0.05) is 24.3 Å². The van der Waals surface area contributed by atoms with Gasteiger partial charge in [0.15, 0.2) is 0 Å². The summed E-state index contributed by atoms with van der Waals surface area (Å²) in [5.74, 6) is 0.149. The van der Waals surface area contributed by atoms with Gasteiger partial charge in [-0.25, -0.2) is 18.1 Å². The Balaban J connectivity index is 1.80. The Labute approximate surface area is 215 Å². The number of aromatic nitrogens is 4. The molecule has 0 saturated heterocycles. The number of rotatable bonds is 8. The van der Waals surface area contributed by atoms with Crippen LogP contribution in [0.25, 0.3) is 11.3 Å². The summed E-state index contributed by atoms with van der Waals surface area (Å²) < 4.78 is 35.9. The fourth-order valence-electron chi connectivity index (χ4n) is 3.81. The molecule has 2 aromatic heterocycles. The lowest BCUT2D eigenvalue weighted by Crippen LogP contribution is -2.22. The molecule has 0 aliphatic carbocycles. The fourth-order valence-corrected chi connectivity index (χ4v) is 4.74. The molecule has 0 fully saturated rings. The first-order valence-electron chi connectivity index (χ1n) is 11.6. The number of amides is 1. The molecular weight excluding hydrogens is 492 g/mol. The van der Waals surface area contributed by atoms with Gasteiger partial charge in [0, 0.05) is 37.0 Å². The Bertz CT molecular complexity index is 1560. The minimum Gasteiger partial charge on any atom is -0.439 e. The summed E-state index contributed by atoms with van der Waals surface area (Å²) in [4.78, 5) is 21.2. The second kappa shape index (κ2) is 10.4. The third-order valence-corrected chi connectivity index (χ3v) is 6.94. The van der Waals surface area contributed by atoms with E-state index in [-0.39, 0.29) is 22.6 Å². The molecule has 1 amide bonds. The Kier molecular flexibility index (Phi) is 7.25. The van der Waals surface area contributed by atoms with Crippen LogP contribution in [-0.2, 0) is 17.1 Å². The maximum Gasteiger partial charge on any atom is 0.267 e. The van der Waals surface area contributed by atoms with Crippen molar-refractivity contribution >= 4 is 21.9 Å². The number of anilines is 1. The number of carbonyl (C=O) groups excluding carboxylic acids is 1. The van der Waals surface area contributed by atoms with E-state index in [9.17, 15) is 13.2 Å². The number of hydrogen-bond acceptors (Lipinski definition) is 7. The monoisotopic (exact) mass is 520 g/mol. The number of hydrogen-bond donors (Lipinski definition) is 2. The number of carbonyl (C=O) groups is 1. The van der Waals surface area contributed by atoms with Gasteiger partial charge < -0.3 is 10.1 Å². The number of ether oxygens (including phenoxy) is 1. The van der Waals surface area contributed by atoms with Crippen molar-refractivity contribution in [1.82, 2.24) is 25.1 Å². The summed E-state index contributed by atoms with van der Waals surface area (Å²) >= 11 is 0. The third-order valence-electron chi connectivity index (χ3n) is 5.66. The first kappa shape index (κ1) is 25.8. The zero-order valence-corrected chi connectivity index (χ0v) is 22.0. The van der Waals surface area contributed by atoms with Crippen molar-refractivity contribution in [2.45, 2.75) is 32.6 Å². The molecule has 2 aromatic carbocycles. The first-order chi connectivity index (χ1) is 17.6. The molecule has 0 atom stereocenters. The lowest BCUT2D eigenvalue weighted by molar-refractivity contribution is 0.0955. The molecule has 2 heterocycles. The minimum absolute atomic E-state index is 0.0241. The topological polar surface area (TPSA) is 128 Å². The summed E-state index contributed by atoms with van der Waals surface area (Å²) in [5.41, 5.74) is 4.45. The van der Waals surface area contributed by atoms with Crippen molar-refractivity contribution < 1.29 is 17.9 Å². The van der Waals surface area contributed by atoms with Crippen LogP contribution in [0.4, 0.5) is 5.95 Å². The van der Waals surface area contributed by atoms with Crippen LogP contribution < -0.4 is 14.8 Å². The number of sulfonamides is 1. The smallest absolute Gasteiger partial charge is 0.267 e. The Morgan fingerprint density at radius 1 is 1.03 bits per heavy atom. The van der Waals surface area contributed by atoms with E-state index in [1.807, 2.05) is 45.9 Å². The van der Waals surface area contributed by atoms with E-state index in [1.54, 1.807) is 31.3 Å². The fraction of sp³-hybridized carbons (Fsp3) is 0.231. The van der Waals surface area contributed by atoms with E-state index in [0.717, 1.165) is 22.3 Å². The molecule has 0 aliphatic rings. The van der Waals surface area contributed by atoms with Crippen molar-refractivity contribution in [2.75, 3.05) is 11.3 Å². The van der Waals surface area contributed by atoms with Gasteiger partial charge in [-0.05, 0) is 56.5 Å². The second-order valence-corrected chi connectivity index (χ2v) is 10.3. The molecule has 0 radical (unpaired) electrons. The van der Waals surface area contributed by atoms with Gasteiger partial charge in [0.05, 0.1) is 11.9 Å². The molecule has 2 N–H and O–H groups in total. The Morgan fingerprint density at radius 2 is 1.76 bits per heavy atom. The summed E-state index contributed by atoms with van der Waals surface area (Å²) in [6.07, 6.45) is 2.62. The standard InChI is InChI=1S/C26H28N6O4S/c1-6-27-25(33)19-11-10-16(2)22(12-19)36-23-13-21(24-17(3)8-7-9-18(24)4)29-26(30-23)31-37(34,35)20-14-28-32(5)15-20/h7-15H,6H2,1-5H3,(H,27,33)(H,29,30,31). The maximum atomic E-state index is 13.0. The maximum absolute atomic E-state index is 13.0. The van der Waals surface area contributed by atoms with Gasteiger partial charge in [0.1, 0.15) is 10.6 Å². The van der Waals surface area contributed by atoms with Crippen molar-refractivity contribution in [3.63, 3.8) is 0 Å². The summed E-state index contributed by atoms with van der Waals surface area (Å²) in [5, 5.41) is 6.69. The molecule has 0 unspecified atom stereocenters. The van der Waals surface area contributed by atoms with E-state index < -0.39 is 10.0 Å². The molecule has 11 heteroatoms. The highest BCUT2D eigenvalue weighted by atomic mass is 32.2. The van der Waals surface area contributed by atoms with Crippen LogP contribution in [0.2, 0.25) is 0 Å². The van der Waals surface area contributed by atoms with Gasteiger partial charge >= 0.3 is 0 Å². The van der Waals surface area contributed by atoms with E-state index in [4.69, 9.17) is 4.74 Å². The number of nitrogens with zero attached hydrogens (tertiary/aromatic N) is 4. The van der Waals surface area contributed by atoms with Crippen LogP contribution in [-0.4, -0.2) is 40.6 Å². The van der Waals surface area contributed by atoms with Gasteiger partial charge in [-0.15, -0.1) is 0 Å². The predicted octanol–water partition coefficient (Wildman–Crippen LogP) is 4.15. The van der Waals surface area contributed by atoms with Crippen LogP contribution >= 0.6 is 0 Å². The van der Waals surface area contributed by atoms with E-state index in [2.05, 4.69) is 25.1 Å². The molecule has 4 rings (SSSR count). The Morgan fingerprint density at radius 3 is 2.41 bits per heavy atom. The lowest BCUT2D eigenvalue weighted by atomic mass is 10.00. The molecule has 37 heavy (non-hydrogen) atoms. The molecule has 192 valence electrons. The van der Waals surface area contributed by atoms with Crippen molar-refractivity contribution in [3.05, 3.63) is 77.1 Å².